The van der Waals surface area contributed by atoms with Crippen LogP contribution in [0, 0.1) is 0 Å². The first kappa shape index (κ1) is 26.1. The molecule has 1 aliphatic heterocycles. The van der Waals surface area contributed by atoms with Crippen LogP contribution in [0.15, 0.2) is 42.5 Å². The van der Waals surface area contributed by atoms with E-state index in [0.717, 1.165) is 67.3 Å². The highest BCUT2D eigenvalue weighted by Gasteiger charge is 2.26. The minimum atomic E-state index is 0.511. The lowest BCUT2D eigenvalue weighted by Crippen LogP contribution is -2.34. The maximum atomic E-state index is 5.64. The van der Waals surface area contributed by atoms with Crippen LogP contribution < -0.4 is 19.9 Å². The van der Waals surface area contributed by atoms with Crippen molar-refractivity contribution in [1.29, 1.82) is 0 Å². The predicted molar refractivity (Wildman–Crippen MR) is 153 cm³/mol. The summed E-state index contributed by atoms with van der Waals surface area (Å²) in [4.78, 5) is 14.8. The number of aromatic nitrogens is 2. The fourth-order valence-corrected chi connectivity index (χ4v) is 5.25. The third kappa shape index (κ3) is 5.69. The first-order valence-corrected chi connectivity index (χ1v) is 13.8. The molecule has 36 heavy (non-hydrogen) atoms. The molecule has 6 heteroatoms. The van der Waals surface area contributed by atoms with Crippen LogP contribution in [0.3, 0.4) is 0 Å². The first-order valence-electron chi connectivity index (χ1n) is 13.8. The van der Waals surface area contributed by atoms with Gasteiger partial charge in [-0.3, -0.25) is 0 Å². The Morgan fingerprint density at radius 3 is 2.44 bits per heavy atom. The molecule has 0 spiro atoms. The maximum absolute atomic E-state index is 5.64. The van der Waals surface area contributed by atoms with Crippen LogP contribution in [0.25, 0.3) is 10.9 Å². The smallest absolute Gasteiger partial charge is 0.225 e. The SMILES string of the molecule is CC.CCCN(C)c1ccc2nc(NC3CCC3)nc(N3CCC(c4ccccc4OC)CC3)c2c1. The van der Waals surface area contributed by atoms with Gasteiger partial charge in [-0.15, -0.1) is 0 Å². The Labute approximate surface area is 217 Å². The molecule has 2 aliphatic rings. The zero-order valence-corrected chi connectivity index (χ0v) is 22.8. The summed E-state index contributed by atoms with van der Waals surface area (Å²) in [5.41, 5.74) is 3.57. The van der Waals surface area contributed by atoms with Gasteiger partial charge in [0.15, 0.2) is 0 Å². The van der Waals surface area contributed by atoms with E-state index in [1.165, 1.54) is 30.5 Å². The van der Waals surface area contributed by atoms with Crippen molar-refractivity contribution in [3.63, 3.8) is 0 Å². The zero-order chi connectivity index (χ0) is 25.5. The molecular weight excluding hydrogens is 446 g/mol. The summed E-state index contributed by atoms with van der Waals surface area (Å²) in [6, 6.07) is 15.6. The lowest BCUT2D eigenvalue weighted by molar-refractivity contribution is 0.397. The maximum Gasteiger partial charge on any atom is 0.225 e. The van der Waals surface area contributed by atoms with Gasteiger partial charge < -0.3 is 19.9 Å². The van der Waals surface area contributed by atoms with E-state index in [4.69, 9.17) is 14.7 Å². The van der Waals surface area contributed by atoms with Crippen LogP contribution in [0.4, 0.5) is 17.5 Å². The Morgan fingerprint density at radius 2 is 1.78 bits per heavy atom. The van der Waals surface area contributed by atoms with E-state index in [1.54, 1.807) is 7.11 Å². The lowest BCUT2D eigenvalue weighted by atomic mass is 9.88. The molecule has 0 radical (unpaired) electrons. The molecule has 6 nitrogen and oxygen atoms in total. The highest BCUT2D eigenvalue weighted by Crippen LogP contribution is 2.37. The number of nitrogens with zero attached hydrogens (tertiary/aromatic N) is 4. The minimum Gasteiger partial charge on any atom is -0.496 e. The number of para-hydroxylation sites is 1. The molecular formula is C30H43N5O. The Balaban J connectivity index is 0.00000148. The predicted octanol–water partition coefficient (Wildman–Crippen LogP) is 6.86. The molecule has 1 aromatic heterocycles. The van der Waals surface area contributed by atoms with Crippen molar-refractivity contribution in [2.75, 3.05) is 48.9 Å². The molecule has 194 valence electrons. The van der Waals surface area contributed by atoms with E-state index in [-0.39, 0.29) is 0 Å². The van der Waals surface area contributed by atoms with Crippen molar-refractivity contribution in [3.8, 4) is 5.75 Å². The van der Waals surface area contributed by atoms with Crippen LogP contribution in [-0.2, 0) is 0 Å². The minimum absolute atomic E-state index is 0.511. The highest BCUT2D eigenvalue weighted by atomic mass is 16.5. The number of fused-ring (bicyclic) bond motifs is 1. The van der Waals surface area contributed by atoms with E-state index in [9.17, 15) is 0 Å². The Bertz CT molecular complexity index is 1120. The van der Waals surface area contributed by atoms with E-state index < -0.39 is 0 Å². The molecule has 2 heterocycles. The third-order valence-corrected chi connectivity index (χ3v) is 7.47. The van der Waals surface area contributed by atoms with Crippen molar-refractivity contribution in [2.24, 2.45) is 0 Å². The molecule has 1 saturated carbocycles. The standard InChI is InChI=1S/C28H37N5O.C2H6/c1-4-16-32(2)22-12-13-25-24(19-22)27(31-28(30-25)29-21-8-7-9-21)33-17-14-20(15-18-33)23-10-5-6-11-26(23)34-3;1-2/h5-6,10-13,19-21H,4,7-9,14-18H2,1-3H3,(H,29,30,31);1-2H3. The number of methoxy groups -OCH3 is 1. The summed E-state index contributed by atoms with van der Waals surface area (Å²) in [5.74, 6) is 3.36. The normalized spacial score (nSPS) is 16.2. The zero-order valence-electron chi connectivity index (χ0n) is 22.8. The monoisotopic (exact) mass is 489 g/mol. The van der Waals surface area contributed by atoms with Crippen LogP contribution in [0.2, 0.25) is 0 Å². The molecule has 1 aliphatic carbocycles. The van der Waals surface area contributed by atoms with Crippen molar-refractivity contribution >= 4 is 28.4 Å². The molecule has 0 bridgehead atoms. The Kier molecular flexibility index (Phi) is 8.89. The van der Waals surface area contributed by atoms with E-state index in [0.29, 0.717) is 12.0 Å². The van der Waals surface area contributed by atoms with Gasteiger partial charge in [0, 0.05) is 43.8 Å². The van der Waals surface area contributed by atoms with Gasteiger partial charge in [-0.05, 0) is 74.3 Å². The fraction of sp³-hybridized carbons (Fsp3) is 0.533. The fourth-order valence-electron chi connectivity index (χ4n) is 5.25. The number of piperidine rings is 1. The van der Waals surface area contributed by atoms with Gasteiger partial charge >= 0.3 is 0 Å². The van der Waals surface area contributed by atoms with Crippen molar-refractivity contribution in [2.45, 2.75) is 71.3 Å². The number of anilines is 3. The number of hydrogen-bond acceptors (Lipinski definition) is 6. The summed E-state index contributed by atoms with van der Waals surface area (Å²) in [7, 11) is 3.93. The number of nitrogens with one attached hydrogen (secondary N) is 1. The molecule has 1 saturated heterocycles. The summed E-state index contributed by atoms with van der Waals surface area (Å²) < 4.78 is 5.64. The molecule has 0 amide bonds. The van der Waals surface area contributed by atoms with Crippen molar-refractivity contribution in [3.05, 3.63) is 48.0 Å². The second kappa shape index (κ2) is 12.3. The Morgan fingerprint density at radius 1 is 1.03 bits per heavy atom. The van der Waals surface area contributed by atoms with Gasteiger partial charge in [0.1, 0.15) is 11.6 Å². The number of benzene rings is 2. The third-order valence-electron chi connectivity index (χ3n) is 7.47. The van der Waals surface area contributed by atoms with Crippen LogP contribution in [0.5, 0.6) is 5.75 Å². The van der Waals surface area contributed by atoms with Crippen molar-refractivity contribution < 1.29 is 4.74 Å². The topological polar surface area (TPSA) is 53.5 Å². The number of rotatable bonds is 8. The second-order valence-electron chi connectivity index (χ2n) is 9.77. The van der Waals surface area contributed by atoms with Gasteiger partial charge in [0.2, 0.25) is 5.95 Å². The van der Waals surface area contributed by atoms with Gasteiger partial charge in [0.25, 0.3) is 0 Å². The van der Waals surface area contributed by atoms with Gasteiger partial charge in [-0.2, -0.15) is 4.98 Å². The number of ether oxygens (including phenoxy) is 1. The molecule has 1 N–H and O–H groups in total. The largest absolute Gasteiger partial charge is 0.496 e. The molecule has 0 unspecified atom stereocenters. The lowest BCUT2D eigenvalue weighted by Gasteiger charge is -2.34. The summed E-state index contributed by atoms with van der Waals surface area (Å²) in [6.07, 6.45) is 7.02. The van der Waals surface area contributed by atoms with E-state index in [2.05, 4.69) is 65.5 Å². The van der Waals surface area contributed by atoms with Crippen molar-refractivity contribution in [1.82, 2.24) is 9.97 Å². The van der Waals surface area contributed by atoms with E-state index >= 15 is 0 Å². The molecule has 3 aromatic rings. The Hall–Kier alpha value is -3.02. The van der Waals surface area contributed by atoms with Crippen LogP contribution >= 0.6 is 0 Å². The van der Waals surface area contributed by atoms with Gasteiger partial charge in [-0.25, -0.2) is 4.98 Å². The first-order chi connectivity index (χ1) is 17.7. The van der Waals surface area contributed by atoms with Gasteiger partial charge in [-0.1, -0.05) is 39.0 Å². The number of hydrogen-bond donors (Lipinski definition) is 1. The molecule has 5 rings (SSSR count). The summed E-state index contributed by atoms with van der Waals surface area (Å²) >= 11 is 0. The highest BCUT2D eigenvalue weighted by molar-refractivity contribution is 5.93. The van der Waals surface area contributed by atoms with E-state index in [1.807, 2.05) is 19.9 Å². The van der Waals surface area contributed by atoms with Crippen LogP contribution in [-0.4, -0.2) is 49.8 Å². The van der Waals surface area contributed by atoms with Crippen LogP contribution in [0.1, 0.15) is 70.8 Å². The molecule has 2 fully saturated rings. The quantitative estimate of drug-likeness (QED) is 0.373. The summed E-state index contributed by atoms with van der Waals surface area (Å²) in [6.45, 7) is 9.21. The van der Waals surface area contributed by atoms with Gasteiger partial charge in [0.05, 0.1) is 12.6 Å². The summed E-state index contributed by atoms with van der Waals surface area (Å²) in [5, 5.41) is 4.73. The average molecular weight is 490 g/mol. The average Bonchev–Trinajstić information content (AvgIpc) is 2.91. The molecule has 2 aromatic carbocycles. The molecule has 0 atom stereocenters. The second-order valence-corrected chi connectivity index (χ2v) is 9.77.